The van der Waals surface area contributed by atoms with Gasteiger partial charge in [0.1, 0.15) is 4.47 Å². The lowest BCUT2D eigenvalue weighted by atomic mass is 10.3. The van der Waals surface area contributed by atoms with Crippen molar-refractivity contribution in [1.82, 2.24) is 9.55 Å². The summed E-state index contributed by atoms with van der Waals surface area (Å²) < 4.78 is 1.69. The zero-order chi connectivity index (χ0) is 10.7. The third kappa shape index (κ3) is 2.59. The molecule has 0 aromatic carbocycles. The molecule has 0 aliphatic heterocycles. The van der Waals surface area contributed by atoms with Gasteiger partial charge < -0.3 is 0 Å². The van der Waals surface area contributed by atoms with E-state index in [0.717, 1.165) is 5.57 Å². The third-order valence-electron chi connectivity index (χ3n) is 1.55. The molecule has 14 heavy (non-hydrogen) atoms. The predicted octanol–water partition coefficient (Wildman–Crippen LogP) is 2.80. The minimum Gasteiger partial charge on any atom is -0.294 e. The van der Waals surface area contributed by atoms with E-state index in [4.69, 9.17) is 23.2 Å². The summed E-state index contributed by atoms with van der Waals surface area (Å²) >= 11 is 14.2. The molecule has 0 saturated carbocycles. The topological polar surface area (TPSA) is 34.9 Å². The molecule has 0 radical (unpaired) electrons. The van der Waals surface area contributed by atoms with Gasteiger partial charge in [-0.15, -0.1) is 0 Å². The maximum atomic E-state index is 11.6. The zero-order valence-corrected chi connectivity index (χ0v) is 10.4. The monoisotopic (exact) mass is 296 g/mol. The molecule has 1 aromatic rings. The molecule has 0 saturated heterocycles. The van der Waals surface area contributed by atoms with E-state index in [1.54, 1.807) is 0 Å². The van der Waals surface area contributed by atoms with Crippen LogP contribution in [0, 0.1) is 0 Å². The summed E-state index contributed by atoms with van der Waals surface area (Å²) in [7, 11) is 0. The van der Waals surface area contributed by atoms with E-state index in [1.807, 2.05) is 6.92 Å². The van der Waals surface area contributed by atoms with Crippen molar-refractivity contribution >= 4 is 39.1 Å². The summed E-state index contributed by atoms with van der Waals surface area (Å²) in [6, 6.07) is 0. The second kappa shape index (κ2) is 4.96. The lowest BCUT2D eigenvalue weighted by molar-refractivity contribution is 0.721. The maximum absolute atomic E-state index is 11.6. The molecule has 6 heteroatoms. The van der Waals surface area contributed by atoms with Crippen LogP contribution in [0.2, 0.25) is 5.15 Å². The van der Waals surface area contributed by atoms with E-state index < -0.39 is 0 Å². The molecule has 0 unspecified atom stereocenters. The highest BCUT2D eigenvalue weighted by atomic mass is 79.9. The highest BCUT2D eigenvalue weighted by Crippen LogP contribution is 2.13. The highest BCUT2D eigenvalue weighted by molar-refractivity contribution is 9.10. The second-order valence-corrected chi connectivity index (χ2v) is 4.11. The molecule has 0 bridgehead atoms. The smallest absolute Gasteiger partial charge is 0.269 e. The van der Waals surface area contributed by atoms with Gasteiger partial charge in [0.2, 0.25) is 0 Å². The summed E-state index contributed by atoms with van der Waals surface area (Å²) in [4.78, 5) is 15.4. The van der Waals surface area contributed by atoms with Crippen LogP contribution >= 0.6 is 39.1 Å². The molecule has 1 aromatic heterocycles. The largest absolute Gasteiger partial charge is 0.294 e. The Morgan fingerprint density at radius 2 is 2.43 bits per heavy atom. The van der Waals surface area contributed by atoms with Gasteiger partial charge in [0, 0.05) is 12.1 Å². The third-order valence-corrected chi connectivity index (χ3v) is 3.15. The van der Waals surface area contributed by atoms with Gasteiger partial charge in [-0.25, -0.2) is 4.98 Å². The molecule has 0 aliphatic rings. The molecule has 1 heterocycles. The van der Waals surface area contributed by atoms with E-state index in [9.17, 15) is 4.79 Å². The first kappa shape index (κ1) is 11.8. The number of nitrogens with zero attached hydrogens (tertiary/aromatic N) is 2. The average molecular weight is 298 g/mol. The van der Waals surface area contributed by atoms with Crippen molar-refractivity contribution in [2.45, 2.75) is 13.5 Å². The van der Waals surface area contributed by atoms with E-state index in [2.05, 4.69) is 20.9 Å². The van der Waals surface area contributed by atoms with Gasteiger partial charge in [0.05, 0.1) is 6.33 Å². The molecule has 0 atom stereocenters. The van der Waals surface area contributed by atoms with Gasteiger partial charge in [0.25, 0.3) is 5.56 Å². The Morgan fingerprint density at radius 3 is 3.00 bits per heavy atom. The summed E-state index contributed by atoms with van der Waals surface area (Å²) in [5, 5.41) is 0.166. The van der Waals surface area contributed by atoms with Crippen LogP contribution < -0.4 is 5.56 Å². The Labute approximate surface area is 99.5 Å². The second-order valence-electron chi connectivity index (χ2n) is 2.74. The molecule has 0 aliphatic carbocycles. The summed E-state index contributed by atoms with van der Waals surface area (Å²) in [6.45, 7) is 2.23. The van der Waals surface area contributed by atoms with Crippen LogP contribution in [0.15, 0.2) is 26.7 Å². The van der Waals surface area contributed by atoms with Crippen molar-refractivity contribution < 1.29 is 0 Å². The number of aromatic nitrogens is 2. The molecule has 0 fully saturated rings. The maximum Gasteiger partial charge on any atom is 0.269 e. The highest BCUT2D eigenvalue weighted by Gasteiger charge is 2.06. The normalized spacial score (nSPS) is 11.9. The number of halogens is 3. The summed E-state index contributed by atoms with van der Waals surface area (Å²) in [5.74, 6) is 0. The van der Waals surface area contributed by atoms with Gasteiger partial charge in [-0.05, 0) is 28.4 Å². The predicted molar refractivity (Wildman–Crippen MR) is 60.8 cm³/mol. The van der Waals surface area contributed by atoms with Crippen LogP contribution in [0.3, 0.4) is 0 Å². The van der Waals surface area contributed by atoms with Crippen LogP contribution in [0.4, 0.5) is 0 Å². The molecule has 0 spiro atoms. The fourth-order valence-electron chi connectivity index (χ4n) is 0.860. The van der Waals surface area contributed by atoms with Gasteiger partial charge in [0.15, 0.2) is 5.15 Å². The number of hydrogen-bond donors (Lipinski definition) is 0. The van der Waals surface area contributed by atoms with Crippen LogP contribution in [-0.2, 0) is 6.54 Å². The molecule has 3 nitrogen and oxygen atoms in total. The lowest BCUT2D eigenvalue weighted by Crippen LogP contribution is -2.21. The molecule has 1 rings (SSSR count). The van der Waals surface area contributed by atoms with E-state index >= 15 is 0 Å². The van der Waals surface area contributed by atoms with Crippen LogP contribution in [0.5, 0.6) is 0 Å². The van der Waals surface area contributed by atoms with E-state index in [-0.39, 0.29) is 15.2 Å². The van der Waals surface area contributed by atoms with Crippen molar-refractivity contribution in [3.05, 3.63) is 37.4 Å². The minimum atomic E-state index is -0.220. The lowest BCUT2D eigenvalue weighted by Gasteiger charge is -2.05. The fraction of sp³-hybridized carbons (Fsp3) is 0.250. The van der Waals surface area contributed by atoms with Gasteiger partial charge in [-0.3, -0.25) is 9.36 Å². The Hall–Kier alpha value is -0.320. The van der Waals surface area contributed by atoms with E-state index in [1.165, 1.54) is 16.4 Å². The summed E-state index contributed by atoms with van der Waals surface area (Å²) in [6.07, 6.45) is 1.39. The van der Waals surface area contributed by atoms with E-state index in [0.29, 0.717) is 6.54 Å². The Bertz CT molecular complexity index is 428. The molecule has 0 N–H and O–H groups in total. The van der Waals surface area contributed by atoms with Gasteiger partial charge in [-0.1, -0.05) is 23.2 Å². The number of rotatable bonds is 2. The van der Waals surface area contributed by atoms with Crippen LogP contribution in [0.25, 0.3) is 0 Å². The Morgan fingerprint density at radius 1 is 1.79 bits per heavy atom. The molecule has 0 amide bonds. The Kier molecular flexibility index (Phi) is 4.16. The quantitative estimate of drug-likeness (QED) is 0.787. The summed E-state index contributed by atoms with van der Waals surface area (Å²) in [5.41, 5.74) is 2.07. The Balaban J connectivity index is 3.13. The van der Waals surface area contributed by atoms with Crippen LogP contribution in [-0.4, -0.2) is 9.55 Å². The average Bonchev–Trinajstić information content (AvgIpc) is 2.19. The van der Waals surface area contributed by atoms with Crippen molar-refractivity contribution in [2.24, 2.45) is 0 Å². The molecule has 76 valence electrons. The minimum absolute atomic E-state index is 0.166. The van der Waals surface area contributed by atoms with Crippen molar-refractivity contribution in [2.75, 3.05) is 0 Å². The van der Waals surface area contributed by atoms with Crippen molar-refractivity contribution in [3.63, 3.8) is 0 Å². The SMILES string of the molecule is CC(=CCl)Cn1cnc(Cl)c(Br)c1=O. The first-order chi connectivity index (χ1) is 6.56. The first-order valence-electron chi connectivity index (χ1n) is 3.72. The fourth-order valence-corrected chi connectivity index (χ4v) is 1.38. The number of hydrogen-bond acceptors (Lipinski definition) is 2. The first-order valence-corrected chi connectivity index (χ1v) is 5.33. The molecular formula is C8H7BrCl2N2O. The van der Waals surface area contributed by atoms with Gasteiger partial charge >= 0.3 is 0 Å². The zero-order valence-electron chi connectivity index (χ0n) is 7.30. The standard InChI is InChI=1S/C8H7BrCl2N2O/c1-5(2-10)3-13-4-12-7(11)6(9)8(13)14/h2,4H,3H2,1H3. The molecular weight excluding hydrogens is 291 g/mol. The van der Waals surface area contributed by atoms with Gasteiger partial charge in [-0.2, -0.15) is 0 Å². The van der Waals surface area contributed by atoms with Crippen molar-refractivity contribution in [1.29, 1.82) is 0 Å². The van der Waals surface area contributed by atoms with Crippen LogP contribution in [0.1, 0.15) is 6.92 Å². The van der Waals surface area contributed by atoms with Crippen molar-refractivity contribution in [3.8, 4) is 0 Å². The number of allylic oxidation sites excluding steroid dienone is 1.